The summed E-state index contributed by atoms with van der Waals surface area (Å²) in [7, 11) is 0. The minimum atomic E-state index is -0.857. The molecule has 1 aliphatic heterocycles. The van der Waals surface area contributed by atoms with E-state index in [1.807, 2.05) is 48.5 Å². The summed E-state index contributed by atoms with van der Waals surface area (Å²) in [6, 6.07) is 33.3. The Balaban J connectivity index is 1.51. The van der Waals surface area contributed by atoms with E-state index in [0.29, 0.717) is 36.8 Å². The molecule has 238 valence electrons. The van der Waals surface area contributed by atoms with Crippen LogP contribution in [0.1, 0.15) is 46.2 Å². The molecular formula is C36H40N6O4. The van der Waals surface area contributed by atoms with E-state index < -0.39 is 18.2 Å². The number of amides is 2. The molecule has 2 amide bonds. The molecule has 10 nitrogen and oxygen atoms in total. The van der Waals surface area contributed by atoms with Crippen LogP contribution in [0.25, 0.3) is 0 Å². The van der Waals surface area contributed by atoms with Gasteiger partial charge in [0.05, 0.1) is 18.2 Å². The maximum absolute atomic E-state index is 14.6. The molecule has 0 aromatic heterocycles. The van der Waals surface area contributed by atoms with Gasteiger partial charge in [-0.2, -0.15) is 0 Å². The van der Waals surface area contributed by atoms with Crippen LogP contribution in [0.4, 0.5) is 4.79 Å². The standard InChI is InChI=1S/C36H40N6O4/c37-34(39-45)29-15-7-13-27(21-29)23-41-31(19-17-25-9-3-1-4-10-25)33(43)32(20-18-26-11-5-2-6-12-26)42(36(41)44)24-28-14-8-16-30(22-28)35(38)40-46/h1-16,21-22,31-33,43,45-46H,17-20,23-24H2,(H2,37,39)(H2,38,40)/t31-,32-/m1/s1. The highest BCUT2D eigenvalue weighted by atomic mass is 16.4. The first-order chi connectivity index (χ1) is 22.4. The summed E-state index contributed by atoms with van der Waals surface area (Å²) in [5.74, 6) is -0.0543. The van der Waals surface area contributed by atoms with Crippen LogP contribution in [-0.4, -0.2) is 61.2 Å². The Labute approximate surface area is 268 Å². The van der Waals surface area contributed by atoms with Crippen molar-refractivity contribution in [2.75, 3.05) is 0 Å². The number of oxime groups is 2. The Morgan fingerprint density at radius 2 is 1.00 bits per heavy atom. The molecule has 7 N–H and O–H groups in total. The van der Waals surface area contributed by atoms with Crippen LogP contribution in [-0.2, 0) is 25.9 Å². The maximum Gasteiger partial charge on any atom is 0.321 e. The number of aryl methyl sites for hydroxylation is 2. The third-order valence-electron chi connectivity index (χ3n) is 8.59. The van der Waals surface area contributed by atoms with Gasteiger partial charge in [0.15, 0.2) is 11.7 Å². The van der Waals surface area contributed by atoms with Crippen molar-refractivity contribution in [3.63, 3.8) is 0 Å². The predicted molar refractivity (Wildman–Crippen MR) is 177 cm³/mol. The van der Waals surface area contributed by atoms with Crippen molar-refractivity contribution in [3.8, 4) is 0 Å². The van der Waals surface area contributed by atoms with E-state index in [1.54, 1.807) is 46.2 Å². The molecule has 0 aliphatic carbocycles. The van der Waals surface area contributed by atoms with Crippen molar-refractivity contribution in [3.05, 3.63) is 143 Å². The summed E-state index contributed by atoms with van der Waals surface area (Å²) < 4.78 is 0. The zero-order valence-electron chi connectivity index (χ0n) is 25.6. The van der Waals surface area contributed by atoms with E-state index in [-0.39, 0.29) is 30.8 Å². The quantitative estimate of drug-likeness (QED) is 0.0669. The SMILES string of the molecule is N/C(=N\O)c1cccc(CN2C(=O)N(Cc3cccc(/C(N)=N/O)c3)[C@H](CCc3ccccc3)C(O)[C@H]2CCc2ccccc2)c1. The average molecular weight is 621 g/mol. The molecule has 0 saturated carbocycles. The molecule has 1 saturated heterocycles. The fourth-order valence-electron chi connectivity index (χ4n) is 6.18. The monoisotopic (exact) mass is 620 g/mol. The zero-order valence-corrected chi connectivity index (χ0v) is 25.6. The topological polar surface area (TPSA) is 161 Å². The summed E-state index contributed by atoms with van der Waals surface area (Å²) in [6.45, 7) is 0.432. The fourth-order valence-corrected chi connectivity index (χ4v) is 6.18. The third-order valence-corrected chi connectivity index (χ3v) is 8.59. The van der Waals surface area contributed by atoms with Crippen LogP contribution >= 0.6 is 0 Å². The minimum Gasteiger partial charge on any atom is -0.409 e. The molecule has 0 bridgehead atoms. The van der Waals surface area contributed by atoms with Crippen LogP contribution in [0.5, 0.6) is 0 Å². The number of nitrogens with zero attached hydrogens (tertiary/aromatic N) is 4. The molecule has 1 aliphatic rings. The highest BCUT2D eigenvalue weighted by molar-refractivity contribution is 5.97. The summed E-state index contributed by atoms with van der Waals surface area (Å²) >= 11 is 0. The Kier molecular flexibility index (Phi) is 10.5. The van der Waals surface area contributed by atoms with Crippen LogP contribution in [0.3, 0.4) is 0 Å². The number of aliphatic hydroxyl groups excluding tert-OH is 1. The van der Waals surface area contributed by atoms with Crippen molar-refractivity contribution in [1.29, 1.82) is 0 Å². The van der Waals surface area contributed by atoms with Crippen LogP contribution in [0.15, 0.2) is 120 Å². The van der Waals surface area contributed by atoms with E-state index >= 15 is 0 Å². The molecule has 1 fully saturated rings. The lowest BCUT2D eigenvalue weighted by molar-refractivity contribution is -0.0478. The van der Waals surface area contributed by atoms with Gasteiger partial charge in [0.25, 0.3) is 0 Å². The van der Waals surface area contributed by atoms with Crippen LogP contribution < -0.4 is 11.5 Å². The van der Waals surface area contributed by atoms with Crippen molar-refractivity contribution >= 4 is 17.7 Å². The van der Waals surface area contributed by atoms with Gasteiger partial charge in [-0.25, -0.2) is 4.79 Å². The average Bonchev–Trinajstić information content (AvgIpc) is 3.10. The lowest BCUT2D eigenvalue weighted by Crippen LogP contribution is -2.65. The Bertz CT molecular complexity index is 1540. The molecule has 10 heteroatoms. The van der Waals surface area contributed by atoms with Gasteiger partial charge in [-0.15, -0.1) is 0 Å². The van der Waals surface area contributed by atoms with E-state index in [1.165, 1.54) is 0 Å². The van der Waals surface area contributed by atoms with Crippen molar-refractivity contribution in [2.45, 2.75) is 57.0 Å². The van der Waals surface area contributed by atoms with Gasteiger partial charge in [-0.3, -0.25) is 0 Å². The molecule has 0 unspecified atom stereocenters. The largest absolute Gasteiger partial charge is 0.409 e. The molecule has 0 radical (unpaired) electrons. The summed E-state index contributed by atoms with van der Waals surface area (Å²) in [4.78, 5) is 18.1. The highest BCUT2D eigenvalue weighted by Gasteiger charge is 2.45. The summed E-state index contributed by atoms with van der Waals surface area (Å²) in [5, 5.41) is 36.9. The van der Waals surface area contributed by atoms with Gasteiger partial charge in [-0.05, 0) is 60.1 Å². The van der Waals surface area contributed by atoms with E-state index in [9.17, 15) is 20.3 Å². The van der Waals surface area contributed by atoms with Crippen LogP contribution in [0, 0.1) is 0 Å². The molecule has 46 heavy (non-hydrogen) atoms. The number of urea groups is 1. The number of carbonyl (C=O) groups excluding carboxylic acids is 1. The number of benzene rings is 4. The molecule has 4 aromatic rings. The second-order valence-electron chi connectivity index (χ2n) is 11.6. The minimum absolute atomic E-state index is 0.0272. The number of hydrogen-bond donors (Lipinski definition) is 5. The normalized spacial score (nSPS) is 19.0. The number of hydrogen-bond acceptors (Lipinski definition) is 6. The number of aliphatic hydroxyl groups is 1. The lowest BCUT2D eigenvalue weighted by Gasteiger charge is -2.49. The van der Waals surface area contributed by atoms with Gasteiger partial charge in [-0.1, -0.05) is 107 Å². The van der Waals surface area contributed by atoms with E-state index in [0.717, 1.165) is 22.3 Å². The van der Waals surface area contributed by atoms with Gasteiger partial charge in [0.1, 0.15) is 0 Å². The first-order valence-electron chi connectivity index (χ1n) is 15.3. The molecule has 5 rings (SSSR count). The van der Waals surface area contributed by atoms with Gasteiger partial charge in [0, 0.05) is 24.2 Å². The van der Waals surface area contributed by atoms with Crippen molar-refractivity contribution < 1.29 is 20.3 Å². The predicted octanol–water partition coefficient (Wildman–Crippen LogP) is 4.68. The Hall–Kier alpha value is -5.35. The second kappa shape index (κ2) is 15.1. The first kappa shape index (κ1) is 32.1. The maximum atomic E-state index is 14.6. The van der Waals surface area contributed by atoms with Crippen LogP contribution in [0.2, 0.25) is 0 Å². The van der Waals surface area contributed by atoms with Gasteiger partial charge in [0.2, 0.25) is 0 Å². The first-order valence-corrected chi connectivity index (χ1v) is 15.3. The van der Waals surface area contributed by atoms with Crippen molar-refractivity contribution in [2.24, 2.45) is 21.8 Å². The molecule has 0 spiro atoms. The summed E-state index contributed by atoms with van der Waals surface area (Å²) in [6.07, 6.45) is 1.63. The van der Waals surface area contributed by atoms with Gasteiger partial charge >= 0.3 is 6.03 Å². The Morgan fingerprint density at radius 3 is 1.39 bits per heavy atom. The number of nitrogens with two attached hydrogens (primary N) is 2. The fraction of sp³-hybridized carbons (Fsp3) is 0.250. The zero-order chi connectivity index (χ0) is 32.5. The number of rotatable bonds is 12. The molecule has 2 atom stereocenters. The third kappa shape index (κ3) is 7.65. The Morgan fingerprint density at radius 1 is 0.609 bits per heavy atom. The number of carbonyl (C=O) groups is 1. The van der Waals surface area contributed by atoms with E-state index in [4.69, 9.17) is 11.5 Å². The van der Waals surface area contributed by atoms with E-state index in [2.05, 4.69) is 34.6 Å². The van der Waals surface area contributed by atoms with Crippen molar-refractivity contribution in [1.82, 2.24) is 9.80 Å². The smallest absolute Gasteiger partial charge is 0.321 e. The molecular weight excluding hydrogens is 580 g/mol. The molecule has 1 heterocycles. The molecule has 4 aromatic carbocycles. The summed E-state index contributed by atoms with van der Waals surface area (Å²) in [5.41, 5.74) is 16.6. The highest BCUT2D eigenvalue weighted by Crippen LogP contribution is 2.32. The number of amidine groups is 2. The second-order valence-corrected chi connectivity index (χ2v) is 11.6. The lowest BCUT2D eigenvalue weighted by atomic mass is 9.88. The van der Waals surface area contributed by atoms with Gasteiger partial charge < -0.3 is 36.8 Å².